The summed E-state index contributed by atoms with van der Waals surface area (Å²) >= 11 is 2.52. The summed E-state index contributed by atoms with van der Waals surface area (Å²) < 4.78 is 15.8. The quantitative estimate of drug-likeness (QED) is 0.0904. The second-order valence-electron chi connectivity index (χ2n) is 11.6. The van der Waals surface area contributed by atoms with Gasteiger partial charge in [-0.1, -0.05) is 24.3 Å². The van der Waals surface area contributed by atoms with Crippen LogP contribution in [0.1, 0.15) is 50.6 Å². The van der Waals surface area contributed by atoms with Crippen molar-refractivity contribution in [2.75, 3.05) is 38.5 Å². The number of benzene rings is 3. The number of methoxy groups -OCH3 is 3. The van der Waals surface area contributed by atoms with E-state index in [1.54, 1.807) is 84.6 Å². The van der Waals surface area contributed by atoms with Gasteiger partial charge in [-0.05, 0) is 67.4 Å². The van der Waals surface area contributed by atoms with Crippen molar-refractivity contribution in [1.82, 2.24) is 10.2 Å². The molecule has 270 valence electrons. The second-order valence-corrected chi connectivity index (χ2v) is 14.1. The average Bonchev–Trinajstić information content (AvgIpc) is 3.51. The van der Waals surface area contributed by atoms with Gasteiger partial charge >= 0.3 is 5.97 Å². The molecule has 0 aliphatic carbocycles. The molecule has 52 heavy (non-hydrogen) atoms. The van der Waals surface area contributed by atoms with Crippen LogP contribution < -0.4 is 25.4 Å². The first kappa shape index (κ1) is 37.7. The highest BCUT2D eigenvalue weighted by Gasteiger charge is 2.31. The topological polar surface area (TPSA) is 152 Å². The van der Waals surface area contributed by atoms with E-state index in [0.29, 0.717) is 63.3 Å². The molecular weight excluding hydrogens is 705 g/mol. The Kier molecular flexibility index (Phi) is 12.4. The van der Waals surface area contributed by atoms with E-state index in [1.165, 1.54) is 57.4 Å². The van der Waals surface area contributed by atoms with E-state index in [2.05, 4.69) is 16.0 Å². The fourth-order valence-corrected chi connectivity index (χ4v) is 7.61. The molecule has 0 radical (unpaired) electrons. The molecule has 12 nitrogen and oxygen atoms in total. The smallest absolute Gasteiger partial charge is 0.341 e. The predicted molar refractivity (Wildman–Crippen MR) is 201 cm³/mol. The molecule has 4 aromatic rings. The monoisotopic (exact) mass is 742 g/mol. The number of thiophene rings is 1. The van der Waals surface area contributed by atoms with Crippen LogP contribution in [-0.4, -0.2) is 67.6 Å². The number of rotatable bonds is 12. The molecule has 2 heterocycles. The molecule has 14 heteroatoms. The summed E-state index contributed by atoms with van der Waals surface area (Å²) in [6.07, 6.45) is 2.00. The Hall–Kier alpha value is -5.60. The normalized spacial score (nSPS) is 12.9. The van der Waals surface area contributed by atoms with Crippen molar-refractivity contribution in [1.29, 1.82) is 0 Å². The third-order valence-corrected chi connectivity index (χ3v) is 10.4. The number of carbonyl (C=O) groups is 5. The van der Waals surface area contributed by atoms with Gasteiger partial charge in [0, 0.05) is 46.1 Å². The van der Waals surface area contributed by atoms with Gasteiger partial charge in [-0.3, -0.25) is 19.2 Å². The molecule has 0 saturated heterocycles. The number of carbonyl (C=O) groups excluding carboxylic acids is 5. The van der Waals surface area contributed by atoms with Crippen molar-refractivity contribution < 1.29 is 38.2 Å². The Bertz CT molecular complexity index is 2030. The molecule has 3 aromatic carbocycles. The van der Waals surface area contributed by atoms with Crippen molar-refractivity contribution in [2.24, 2.45) is 0 Å². The molecule has 0 bridgehead atoms. The molecule has 1 aromatic heterocycles. The van der Waals surface area contributed by atoms with E-state index in [0.717, 1.165) is 10.4 Å². The molecule has 4 amide bonds. The highest BCUT2D eigenvalue weighted by atomic mass is 32.2. The van der Waals surface area contributed by atoms with Gasteiger partial charge in [0.15, 0.2) is 0 Å². The zero-order chi connectivity index (χ0) is 37.4. The largest absolute Gasteiger partial charge is 0.497 e. The van der Waals surface area contributed by atoms with Gasteiger partial charge in [0.2, 0.25) is 11.8 Å². The SMILES string of the molecule is COC(=O)c1c(NC(=O)C(C)Sc2cccc(NC(=O)/C(=C\c3ccc(OC)cc3OC)NC(=O)c3ccccc3)c2)sc2c1CCN(C(C)=O)C2. The van der Waals surface area contributed by atoms with Crippen molar-refractivity contribution in [2.45, 2.75) is 37.0 Å². The highest BCUT2D eigenvalue weighted by molar-refractivity contribution is 8.00. The molecule has 5 rings (SSSR count). The Morgan fingerprint density at radius 3 is 2.38 bits per heavy atom. The maximum atomic E-state index is 13.7. The van der Waals surface area contributed by atoms with Crippen LogP contribution in [0.5, 0.6) is 11.5 Å². The number of anilines is 2. The third kappa shape index (κ3) is 9.00. The van der Waals surface area contributed by atoms with Crippen LogP contribution in [0.2, 0.25) is 0 Å². The van der Waals surface area contributed by atoms with Gasteiger partial charge < -0.3 is 35.1 Å². The predicted octanol–water partition coefficient (Wildman–Crippen LogP) is 5.99. The molecule has 1 unspecified atom stereocenters. The van der Waals surface area contributed by atoms with Gasteiger partial charge in [0.25, 0.3) is 11.8 Å². The molecule has 1 aliphatic rings. The standard InChI is InChI=1S/C38H38N4O8S2/c1-22(34(44)41-37-33(38(47)50-5)29-16-17-42(23(2)43)21-32(29)52-37)51-28-13-9-12-26(19-28)39-36(46)30(40-35(45)24-10-7-6-8-11-24)18-25-14-15-27(48-3)20-31(25)49-4/h6-15,18-20,22H,16-17,21H2,1-5H3,(H,39,46)(H,40,45)(H,41,44)/b30-18+. The zero-order valence-electron chi connectivity index (χ0n) is 29.2. The first-order valence-electron chi connectivity index (χ1n) is 16.2. The molecule has 1 atom stereocenters. The van der Waals surface area contributed by atoms with Crippen molar-refractivity contribution in [3.05, 3.63) is 106 Å². The molecule has 0 saturated carbocycles. The maximum Gasteiger partial charge on any atom is 0.341 e. The van der Waals surface area contributed by atoms with E-state index >= 15 is 0 Å². The number of fused-ring (bicyclic) bond motifs is 1. The van der Waals surface area contributed by atoms with Gasteiger partial charge in [-0.15, -0.1) is 23.1 Å². The number of nitrogens with one attached hydrogen (secondary N) is 3. The number of thioether (sulfide) groups is 1. The lowest BCUT2D eigenvalue weighted by Crippen LogP contribution is -2.33. The Morgan fingerprint density at radius 1 is 0.923 bits per heavy atom. The minimum Gasteiger partial charge on any atom is -0.497 e. The molecule has 3 N–H and O–H groups in total. The number of hydrogen-bond donors (Lipinski definition) is 3. The summed E-state index contributed by atoms with van der Waals surface area (Å²) in [7, 11) is 4.32. The van der Waals surface area contributed by atoms with Crippen LogP contribution in [0.3, 0.4) is 0 Å². The summed E-state index contributed by atoms with van der Waals surface area (Å²) in [5.74, 6) is -1.02. The Balaban J connectivity index is 1.32. The summed E-state index contributed by atoms with van der Waals surface area (Å²) in [5.41, 5.74) is 2.40. The van der Waals surface area contributed by atoms with Crippen LogP contribution in [-0.2, 0) is 32.1 Å². The molecule has 0 spiro atoms. The zero-order valence-corrected chi connectivity index (χ0v) is 30.9. The number of nitrogens with zero attached hydrogens (tertiary/aromatic N) is 1. The lowest BCUT2D eigenvalue weighted by Gasteiger charge is -2.25. The minimum atomic E-state index is -0.604. The van der Waals surface area contributed by atoms with Crippen molar-refractivity contribution >= 4 is 69.5 Å². The van der Waals surface area contributed by atoms with Crippen LogP contribution in [0.15, 0.2) is 83.4 Å². The fourth-order valence-electron chi connectivity index (χ4n) is 5.43. The summed E-state index contributed by atoms with van der Waals surface area (Å²) in [6, 6.07) is 20.6. The van der Waals surface area contributed by atoms with Crippen LogP contribution in [0, 0.1) is 0 Å². The summed E-state index contributed by atoms with van der Waals surface area (Å²) in [6.45, 7) is 4.07. The van der Waals surface area contributed by atoms with Crippen molar-refractivity contribution in [3.63, 3.8) is 0 Å². The third-order valence-electron chi connectivity index (χ3n) is 8.17. The Morgan fingerprint density at radius 2 is 1.69 bits per heavy atom. The molecule has 0 fully saturated rings. The number of ether oxygens (including phenoxy) is 3. The number of esters is 1. The van der Waals surface area contributed by atoms with E-state index in [-0.39, 0.29) is 17.5 Å². The average molecular weight is 743 g/mol. The van der Waals surface area contributed by atoms with E-state index in [4.69, 9.17) is 14.2 Å². The van der Waals surface area contributed by atoms with Crippen LogP contribution in [0.4, 0.5) is 10.7 Å². The van der Waals surface area contributed by atoms with Crippen LogP contribution in [0.25, 0.3) is 6.08 Å². The minimum absolute atomic E-state index is 0.0328. The van der Waals surface area contributed by atoms with E-state index < -0.39 is 23.0 Å². The summed E-state index contributed by atoms with van der Waals surface area (Å²) in [5, 5.41) is 8.25. The van der Waals surface area contributed by atoms with Gasteiger partial charge in [0.05, 0.1) is 38.7 Å². The lowest BCUT2D eigenvalue weighted by molar-refractivity contribution is -0.129. The lowest BCUT2D eigenvalue weighted by atomic mass is 10.0. The second kappa shape index (κ2) is 17.1. The van der Waals surface area contributed by atoms with Gasteiger partial charge in [-0.25, -0.2) is 4.79 Å². The number of amides is 4. The number of hydrogen-bond acceptors (Lipinski definition) is 10. The van der Waals surface area contributed by atoms with E-state index in [9.17, 15) is 24.0 Å². The van der Waals surface area contributed by atoms with Crippen LogP contribution >= 0.6 is 23.1 Å². The Labute approximate surface area is 309 Å². The summed E-state index contributed by atoms with van der Waals surface area (Å²) in [4.78, 5) is 68.2. The first-order valence-corrected chi connectivity index (χ1v) is 17.9. The fraction of sp³-hybridized carbons (Fsp3) is 0.237. The molecular formula is C38H38N4O8S2. The van der Waals surface area contributed by atoms with Gasteiger partial charge in [-0.2, -0.15) is 0 Å². The van der Waals surface area contributed by atoms with Gasteiger partial charge in [0.1, 0.15) is 22.2 Å². The maximum absolute atomic E-state index is 13.7. The molecule has 1 aliphatic heterocycles. The first-order chi connectivity index (χ1) is 25.0. The van der Waals surface area contributed by atoms with Crippen molar-refractivity contribution in [3.8, 4) is 11.5 Å². The highest BCUT2D eigenvalue weighted by Crippen LogP contribution is 2.38. The van der Waals surface area contributed by atoms with E-state index in [1.807, 2.05) is 0 Å².